The SMILES string of the molecule is S=C(NNC(=S)Nc1nccs1)Nc1ccccc1. The van der Waals surface area contributed by atoms with E-state index in [1.54, 1.807) is 6.20 Å². The fourth-order valence-electron chi connectivity index (χ4n) is 1.21. The number of anilines is 2. The Morgan fingerprint density at radius 2 is 1.68 bits per heavy atom. The summed E-state index contributed by atoms with van der Waals surface area (Å²) in [5, 5.41) is 9.34. The molecule has 98 valence electrons. The third kappa shape index (κ3) is 4.78. The molecule has 0 aliphatic carbocycles. The maximum Gasteiger partial charge on any atom is 0.191 e. The zero-order chi connectivity index (χ0) is 13.5. The van der Waals surface area contributed by atoms with Gasteiger partial charge in [-0.3, -0.25) is 10.9 Å². The standard InChI is InChI=1S/C11H11N5S3/c17-9(13-8-4-2-1-3-5-8)15-16-10(18)14-11-12-6-7-19-11/h1-7H,(H2,13,15,17)(H2,12,14,16,18). The number of nitrogens with one attached hydrogen (secondary N) is 4. The van der Waals surface area contributed by atoms with E-state index in [0.717, 1.165) is 10.8 Å². The molecule has 8 heteroatoms. The Hall–Kier alpha value is -1.77. The molecule has 2 rings (SSSR count). The number of thiazole rings is 1. The molecule has 0 bridgehead atoms. The van der Waals surface area contributed by atoms with Crippen LogP contribution in [0.3, 0.4) is 0 Å². The monoisotopic (exact) mass is 309 g/mol. The first-order valence-corrected chi connectivity index (χ1v) is 7.02. The summed E-state index contributed by atoms with van der Waals surface area (Å²) in [6.45, 7) is 0. The summed E-state index contributed by atoms with van der Waals surface area (Å²) in [6, 6.07) is 9.62. The molecule has 0 aliphatic rings. The van der Waals surface area contributed by atoms with E-state index in [1.807, 2.05) is 35.7 Å². The zero-order valence-electron chi connectivity index (χ0n) is 9.71. The molecule has 0 fully saturated rings. The van der Waals surface area contributed by atoms with Crippen molar-refractivity contribution in [3.05, 3.63) is 41.9 Å². The van der Waals surface area contributed by atoms with Gasteiger partial charge in [-0.2, -0.15) is 0 Å². The van der Waals surface area contributed by atoms with Crippen LogP contribution in [0.15, 0.2) is 41.9 Å². The second-order valence-corrected chi connectivity index (χ2v) is 5.07. The van der Waals surface area contributed by atoms with Crippen LogP contribution in [0.4, 0.5) is 10.8 Å². The Kier molecular flexibility index (Phi) is 5.01. The molecule has 5 nitrogen and oxygen atoms in total. The summed E-state index contributed by atoms with van der Waals surface area (Å²) < 4.78 is 0. The predicted molar refractivity (Wildman–Crippen MR) is 87.3 cm³/mol. The molecule has 1 aromatic heterocycles. The predicted octanol–water partition coefficient (Wildman–Crippen LogP) is 2.33. The summed E-state index contributed by atoms with van der Waals surface area (Å²) in [5.74, 6) is 0. The van der Waals surface area contributed by atoms with Crippen molar-refractivity contribution in [2.24, 2.45) is 0 Å². The molecule has 0 saturated heterocycles. The summed E-state index contributed by atoms with van der Waals surface area (Å²) in [5.41, 5.74) is 6.46. The van der Waals surface area contributed by atoms with Gasteiger partial charge in [-0.05, 0) is 36.6 Å². The van der Waals surface area contributed by atoms with Crippen molar-refractivity contribution >= 4 is 56.8 Å². The summed E-state index contributed by atoms with van der Waals surface area (Å²) in [6.07, 6.45) is 1.70. The van der Waals surface area contributed by atoms with Crippen molar-refractivity contribution in [3.63, 3.8) is 0 Å². The molecule has 0 unspecified atom stereocenters. The van der Waals surface area contributed by atoms with Crippen molar-refractivity contribution in [1.82, 2.24) is 15.8 Å². The average Bonchev–Trinajstić information content (AvgIpc) is 2.90. The Morgan fingerprint density at radius 1 is 1.00 bits per heavy atom. The second kappa shape index (κ2) is 6.98. The molecular formula is C11H11N5S3. The largest absolute Gasteiger partial charge is 0.331 e. The van der Waals surface area contributed by atoms with Gasteiger partial charge in [-0.15, -0.1) is 11.3 Å². The topological polar surface area (TPSA) is 61.0 Å². The number of rotatable bonds is 2. The number of benzene rings is 1. The van der Waals surface area contributed by atoms with Crippen LogP contribution >= 0.6 is 35.8 Å². The molecule has 2 aromatic rings. The maximum absolute atomic E-state index is 5.12. The minimum atomic E-state index is 0.396. The zero-order valence-corrected chi connectivity index (χ0v) is 12.2. The number of para-hydroxylation sites is 1. The summed E-state index contributed by atoms with van der Waals surface area (Å²) in [4.78, 5) is 4.05. The van der Waals surface area contributed by atoms with Gasteiger partial charge in [0.1, 0.15) is 0 Å². The van der Waals surface area contributed by atoms with Crippen LogP contribution in [0.25, 0.3) is 0 Å². The van der Waals surface area contributed by atoms with E-state index in [9.17, 15) is 0 Å². The van der Waals surface area contributed by atoms with Crippen LogP contribution in [-0.4, -0.2) is 15.2 Å². The first-order valence-electron chi connectivity index (χ1n) is 5.32. The van der Waals surface area contributed by atoms with Gasteiger partial charge in [0.2, 0.25) is 0 Å². The molecule has 4 N–H and O–H groups in total. The lowest BCUT2D eigenvalue weighted by molar-refractivity contribution is 0.885. The normalized spacial score (nSPS) is 9.47. The van der Waals surface area contributed by atoms with Gasteiger partial charge in [0.05, 0.1) is 0 Å². The van der Waals surface area contributed by atoms with Gasteiger partial charge >= 0.3 is 0 Å². The Morgan fingerprint density at radius 3 is 2.32 bits per heavy atom. The molecule has 19 heavy (non-hydrogen) atoms. The highest BCUT2D eigenvalue weighted by Gasteiger charge is 2.00. The van der Waals surface area contributed by atoms with Crippen LogP contribution in [0.2, 0.25) is 0 Å². The van der Waals surface area contributed by atoms with Gasteiger partial charge in [0, 0.05) is 17.3 Å². The Balaban J connectivity index is 1.73. The van der Waals surface area contributed by atoms with E-state index < -0.39 is 0 Å². The first kappa shape index (κ1) is 13.7. The summed E-state index contributed by atoms with van der Waals surface area (Å²) in [7, 11) is 0. The van der Waals surface area contributed by atoms with Crippen molar-refractivity contribution in [3.8, 4) is 0 Å². The lowest BCUT2D eigenvalue weighted by Crippen LogP contribution is -2.45. The van der Waals surface area contributed by atoms with Crippen molar-refractivity contribution in [2.45, 2.75) is 0 Å². The van der Waals surface area contributed by atoms with Crippen LogP contribution in [0.5, 0.6) is 0 Å². The van der Waals surface area contributed by atoms with E-state index in [4.69, 9.17) is 24.4 Å². The first-order chi connectivity index (χ1) is 9.24. The Bertz CT molecular complexity index is 541. The molecule has 0 aliphatic heterocycles. The smallest absolute Gasteiger partial charge is 0.191 e. The van der Waals surface area contributed by atoms with E-state index in [-0.39, 0.29) is 0 Å². The van der Waals surface area contributed by atoms with Crippen LogP contribution < -0.4 is 21.5 Å². The van der Waals surface area contributed by atoms with E-state index in [1.165, 1.54) is 11.3 Å². The number of hydrogen-bond donors (Lipinski definition) is 4. The van der Waals surface area contributed by atoms with Crippen LogP contribution in [-0.2, 0) is 0 Å². The van der Waals surface area contributed by atoms with Gasteiger partial charge in [0.15, 0.2) is 15.4 Å². The Labute approximate surface area is 125 Å². The number of hydrazine groups is 1. The van der Waals surface area contributed by atoms with Gasteiger partial charge in [-0.25, -0.2) is 4.98 Å². The number of nitrogens with zero attached hydrogens (tertiary/aromatic N) is 1. The third-order valence-corrected chi connectivity index (χ3v) is 3.07. The molecule has 0 saturated carbocycles. The minimum absolute atomic E-state index is 0.396. The van der Waals surface area contributed by atoms with Gasteiger partial charge in [-0.1, -0.05) is 18.2 Å². The fourth-order valence-corrected chi connectivity index (χ4v) is 2.13. The second-order valence-electron chi connectivity index (χ2n) is 3.36. The van der Waals surface area contributed by atoms with Gasteiger partial charge < -0.3 is 10.6 Å². The quantitative estimate of drug-likeness (QED) is 0.502. The number of thiocarbonyl (C=S) groups is 2. The number of aromatic nitrogens is 1. The fraction of sp³-hybridized carbons (Fsp3) is 0. The molecule has 0 atom stereocenters. The van der Waals surface area contributed by atoms with Crippen molar-refractivity contribution < 1.29 is 0 Å². The molecule has 0 spiro atoms. The van der Waals surface area contributed by atoms with E-state index in [0.29, 0.717) is 10.2 Å². The van der Waals surface area contributed by atoms with Gasteiger partial charge in [0.25, 0.3) is 0 Å². The maximum atomic E-state index is 5.12. The molecule has 0 amide bonds. The molecule has 1 aromatic carbocycles. The third-order valence-electron chi connectivity index (χ3n) is 1.97. The highest BCUT2D eigenvalue weighted by Crippen LogP contribution is 2.09. The molecule has 0 radical (unpaired) electrons. The average molecular weight is 309 g/mol. The van der Waals surface area contributed by atoms with Crippen molar-refractivity contribution in [2.75, 3.05) is 10.6 Å². The lowest BCUT2D eigenvalue weighted by atomic mass is 10.3. The molecular weight excluding hydrogens is 298 g/mol. The van der Waals surface area contributed by atoms with Crippen molar-refractivity contribution in [1.29, 1.82) is 0 Å². The summed E-state index contributed by atoms with van der Waals surface area (Å²) >= 11 is 11.7. The van der Waals surface area contributed by atoms with Crippen LogP contribution in [0, 0.1) is 0 Å². The number of hydrogen-bond acceptors (Lipinski definition) is 4. The lowest BCUT2D eigenvalue weighted by Gasteiger charge is -2.13. The van der Waals surface area contributed by atoms with E-state index in [2.05, 4.69) is 26.5 Å². The molecule has 1 heterocycles. The highest BCUT2D eigenvalue weighted by atomic mass is 32.1. The highest BCUT2D eigenvalue weighted by molar-refractivity contribution is 7.81. The minimum Gasteiger partial charge on any atom is -0.331 e. The van der Waals surface area contributed by atoms with E-state index >= 15 is 0 Å². The van der Waals surface area contributed by atoms with Crippen LogP contribution in [0.1, 0.15) is 0 Å².